The maximum Gasteiger partial charge on any atom is 1.00 e. The van der Waals surface area contributed by atoms with Crippen molar-refractivity contribution >= 4 is 0 Å². The summed E-state index contributed by atoms with van der Waals surface area (Å²) in [6.07, 6.45) is 7.92. The van der Waals surface area contributed by atoms with Gasteiger partial charge in [0.15, 0.2) is 0 Å². The molecule has 76 valence electrons. The van der Waals surface area contributed by atoms with E-state index in [-0.39, 0.29) is 18.9 Å². The molecule has 0 fully saturated rings. The van der Waals surface area contributed by atoms with Crippen molar-refractivity contribution in [1.29, 1.82) is 0 Å². The van der Waals surface area contributed by atoms with E-state index in [4.69, 9.17) is 0 Å². The molecule has 0 bridgehead atoms. The van der Waals surface area contributed by atoms with Crippen molar-refractivity contribution in [3.63, 3.8) is 0 Å². The molecule has 0 aromatic rings. The fourth-order valence-electron chi connectivity index (χ4n) is 1.64. The minimum absolute atomic E-state index is 0. The van der Waals surface area contributed by atoms with Crippen LogP contribution in [0, 0.1) is 6.08 Å². The molecule has 0 rings (SSSR count). The first kappa shape index (κ1) is 16.5. The van der Waals surface area contributed by atoms with E-state index in [0.29, 0.717) is 0 Å². The number of allylic oxidation sites excluding steroid dienone is 4. The average Bonchev–Trinajstić information content (AvgIpc) is 2.17. The predicted octanol–water partition coefficient (Wildman–Crippen LogP) is 1.68. The Kier molecular flexibility index (Phi) is 11.3. The third kappa shape index (κ3) is 5.08. The van der Waals surface area contributed by atoms with Gasteiger partial charge in [-0.05, 0) is 0 Å². The molecule has 0 aliphatic carbocycles. The van der Waals surface area contributed by atoms with Crippen LogP contribution in [0.15, 0.2) is 16.7 Å². The van der Waals surface area contributed by atoms with Gasteiger partial charge in [0.25, 0.3) is 0 Å². The number of hydrogen-bond donors (Lipinski definition) is 0. The van der Waals surface area contributed by atoms with E-state index < -0.39 is 0 Å². The Hall–Kier alpha value is 0.0774. The van der Waals surface area contributed by atoms with Crippen molar-refractivity contribution in [2.45, 2.75) is 60.3 Å². The average molecular weight is 186 g/mol. The van der Waals surface area contributed by atoms with Crippen LogP contribution in [-0.4, -0.2) is 0 Å². The van der Waals surface area contributed by atoms with Crippen LogP contribution in [0.4, 0.5) is 0 Å². The molecule has 0 nitrogen and oxygen atoms in total. The van der Waals surface area contributed by atoms with Crippen molar-refractivity contribution in [2.75, 3.05) is 0 Å². The van der Waals surface area contributed by atoms with Gasteiger partial charge in [-0.25, -0.2) is 5.57 Å². The molecule has 0 spiro atoms. The molecular weight excluding hydrogens is 163 g/mol. The minimum Gasteiger partial charge on any atom is -0.272 e. The van der Waals surface area contributed by atoms with E-state index in [9.17, 15) is 0 Å². The monoisotopic (exact) mass is 186 g/mol. The second-order valence-corrected chi connectivity index (χ2v) is 3.33. The summed E-state index contributed by atoms with van der Waals surface area (Å²) >= 11 is 0. The summed E-state index contributed by atoms with van der Waals surface area (Å²) in [5.41, 5.74) is 4.50. The summed E-state index contributed by atoms with van der Waals surface area (Å²) in [6.45, 7) is 11.1. The van der Waals surface area contributed by atoms with E-state index in [1.54, 1.807) is 0 Å². The quantitative estimate of drug-likeness (QED) is 0.348. The van der Waals surface area contributed by atoms with Gasteiger partial charge in [-0.2, -0.15) is 11.1 Å². The van der Waals surface area contributed by atoms with Crippen LogP contribution in [0.1, 0.15) is 60.3 Å². The number of rotatable bonds is 5. The Bertz CT molecular complexity index is 199. The van der Waals surface area contributed by atoms with E-state index in [1.807, 2.05) is 0 Å². The van der Waals surface area contributed by atoms with Gasteiger partial charge in [-0.3, -0.25) is 6.08 Å². The van der Waals surface area contributed by atoms with Gasteiger partial charge in [-0.1, -0.05) is 53.9 Å². The van der Waals surface area contributed by atoms with Gasteiger partial charge in [-0.15, -0.1) is 6.42 Å². The third-order valence-electron chi connectivity index (χ3n) is 2.51. The standard InChI is InChI=1S/C13H23.Li/c1-6-10-12(8-3)13(9-4)11(5)7-2;/h6-9H2,1-5H3;/q-1;+1/b13-11+;. The second-order valence-electron chi connectivity index (χ2n) is 3.33. The van der Waals surface area contributed by atoms with Crippen LogP contribution in [0.5, 0.6) is 0 Å². The topological polar surface area (TPSA) is 0 Å². The Balaban J connectivity index is 0. The molecule has 0 saturated carbocycles. The van der Waals surface area contributed by atoms with Crippen molar-refractivity contribution < 1.29 is 18.9 Å². The predicted molar refractivity (Wildman–Crippen MR) is 60.6 cm³/mol. The summed E-state index contributed by atoms with van der Waals surface area (Å²) in [4.78, 5) is 0. The van der Waals surface area contributed by atoms with Gasteiger partial charge in [0.2, 0.25) is 0 Å². The zero-order valence-corrected chi connectivity index (χ0v) is 10.8. The van der Waals surface area contributed by atoms with Crippen LogP contribution < -0.4 is 18.9 Å². The van der Waals surface area contributed by atoms with E-state index in [0.717, 1.165) is 25.7 Å². The first-order valence-corrected chi connectivity index (χ1v) is 5.49. The first-order chi connectivity index (χ1) is 6.21. The maximum absolute atomic E-state index is 3.46. The van der Waals surface area contributed by atoms with Crippen molar-refractivity contribution in [2.24, 2.45) is 0 Å². The Morgan fingerprint density at radius 3 is 1.79 bits per heavy atom. The molecule has 14 heavy (non-hydrogen) atoms. The van der Waals surface area contributed by atoms with Crippen LogP contribution in [0.25, 0.3) is 0 Å². The van der Waals surface area contributed by atoms with Gasteiger partial charge in [0.05, 0.1) is 0 Å². The molecule has 0 unspecified atom stereocenters. The van der Waals surface area contributed by atoms with E-state index in [1.165, 1.54) is 16.7 Å². The van der Waals surface area contributed by atoms with Crippen LogP contribution >= 0.6 is 0 Å². The number of hydrogen-bond acceptors (Lipinski definition) is 0. The second kappa shape index (κ2) is 9.63. The molecular formula is C13H23Li. The molecule has 0 aromatic heterocycles. The van der Waals surface area contributed by atoms with Crippen molar-refractivity contribution in [3.8, 4) is 0 Å². The van der Waals surface area contributed by atoms with Crippen LogP contribution in [-0.2, 0) is 0 Å². The molecule has 0 N–H and O–H groups in total. The smallest absolute Gasteiger partial charge is 0.272 e. The van der Waals surface area contributed by atoms with E-state index in [2.05, 4.69) is 40.7 Å². The minimum atomic E-state index is 0. The molecule has 0 aliphatic heterocycles. The summed E-state index contributed by atoms with van der Waals surface area (Å²) in [6, 6.07) is 0. The molecule has 0 saturated heterocycles. The van der Waals surface area contributed by atoms with E-state index >= 15 is 0 Å². The summed E-state index contributed by atoms with van der Waals surface area (Å²) in [7, 11) is 0. The fourth-order valence-corrected chi connectivity index (χ4v) is 1.64. The van der Waals surface area contributed by atoms with Crippen LogP contribution in [0.3, 0.4) is 0 Å². The SMILES string of the molecule is CC[C-]=C(CC)/C(CC)=C(\C)CC.[Li+]. The Labute approximate surface area is 102 Å². The van der Waals surface area contributed by atoms with Crippen molar-refractivity contribution in [1.82, 2.24) is 0 Å². The molecule has 0 heterocycles. The fraction of sp³-hybridized carbons (Fsp3) is 0.692. The van der Waals surface area contributed by atoms with Gasteiger partial charge in [0, 0.05) is 0 Å². The van der Waals surface area contributed by atoms with Gasteiger partial charge >= 0.3 is 18.9 Å². The normalized spacial score (nSPS) is 13.4. The largest absolute Gasteiger partial charge is 1.00 e. The zero-order valence-electron chi connectivity index (χ0n) is 10.8. The summed E-state index contributed by atoms with van der Waals surface area (Å²) in [5, 5.41) is 0. The zero-order chi connectivity index (χ0) is 10.3. The molecule has 1 heteroatoms. The Morgan fingerprint density at radius 2 is 1.50 bits per heavy atom. The molecule has 0 aromatic carbocycles. The first-order valence-electron chi connectivity index (χ1n) is 5.49. The maximum atomic E-state index is 3.46. The van der Waals surface area contributed by atoms with Crippen LogP contribution in [0.2, 0.25) is 0 Å². The molecule has 0 atom stereocenters. The summed E-state index contributed by atoms with van der Waals surface area (Å²) < 4.78 is 0. The Morgan fingerprint density at radius 1 is 0.929 bits per heavy atom. The van der Waals surface area contributed by atoms with Gasteiger partial charge in [0.1, 0.15) is 0 Å². The van der Waals surface area contributed by atoms with Crippen molar-refractivity contribution in [3.05, 3.63) is 22.8 Å². The molecule has 0 radical (unpaired) electrons. The van der Waals surface area contributed by atoms with Gasteiger partial charge < -0.3 is 0 Å². The molecule has 0 aliphatic rings. The summed E-state index contributed by atoms with van der Waals surface area (Å²) in [5.74, 6) is 0. The molecule has 0 amide bonds. The third-order valence-corrected chi connectivity index (χ3v) is 2.51.